The summed E-state index contributed by atoms with van der Waals surface area (Å²) in [5, 5.41) is 18.7. The molecule has 0 aliphatic heterocycles. The number of carbonyl (C=O) groups is 1. The van der Waals surface area contributed by atoms with Gasteiger partial charge in [-0.25, -0.2) is 0 Å². The molecule has 0 aromatic rings. The molecule has 0 fully saturated rings. The molecule has 3 heteroatoms. The lowest BCUT2D eigenvalue weighted by Gasteiger charge is -2.25. The van der Waals surface area contributed by atoms with E-state index in [2.05, 4.69) is 0 Å². The van der Waals surface area contributed by atoms with Gasteiger partial charge < -0.3 is 10.2 Å². The zero-order valence-corrected chi connectivity index (χ0v) is 10.9. The highest BCUT2D eigenvalue weighted by Crippen LogP contribution is 2.21. The van der Waals surface area contributed by atoms with E-state index < -0.39 is 6.10 Å². The Kier molecular flexibility index (Phi) is 7.60. The number of hydrogen-bond donors (Lipinski definition) is 2. The molecule has 0 aromatic heterocycles. The van der Waals surface area contributed by atoms with Gasteiger partial charge in [-0.1, -0.05) is 34.1 Å². The Labute approximate surface area is 98.9 Å². The van der Waals surface area contributed by atoms with Crippen LogP contribution in [0.25, 0.3) is 0 Å². The summed E-state index contributed by atoms with van der Waals surface area (Å²) in [5.41, 5.74) is 0. The third-order valence-corrected chi connectivity index (χ3v) is 3.18. The zero-order valence-electron chi connectivity index (χ0n) is 10.9. The SMILES string of the molecule is CC(C)C(=O)[C@H](C)[C@@H](O)[C@@H](C)CCCCO. The Bertz CT molecular complexity index is 201. The van der Waals surface area contributed by atoms with E-state index >= 15 is 0 Å². The standard InChI is InChI=1S/C13H26O3/c1-9(2)12(15)11(4)13(16)10(3)7-5-6-8-14/h9-11,13-14,16H,5-8H2,1-4H3/t10-,11-,13-/m0/s1. The summed E-state index contributed by atoms with van der Waals surface area (Å²) in [4.78, 5) is 11.7. The average molecular weight is 230 g/mol. The third kappa shape index (κ3) is 5.08. The maximum Gasteiger partial charge on any atom is 0.140 e. The summed E-state index contributed by atoms with van der Waals surface area (Å²) in [6, 6.07) is 0. The number of unbranched alkanes of at least 4 members (excludes halogenated alkanes) is 1. The van der Waals surface area contributed by atoms with Crippen LogP contribution in [0.2, 0.25) is 0 Å². The number of aliphatic hydroxyl groups excluding tert-OH is 2. The van der Waals surface area contributed by atoms with Crippen LogP contribution in [-0.4, -0.2) is 28.7 Å². The summed E-state index contributed by atoms with van der Waals surface area (Å²) in [5.74, 6) is -0.0656. The van der Waals surface area contributed by atoms with Crippen LogP contribution in [0.3, 0.4) is 0 Å². The molecule has 0 amide bonds. The third-order valence-electron chi connectivity index (χ3n) is 3.18. The van der Waals surface area contributed by atoms with Crippen LogP contribution in [0, 0.1) is 17.8 Å². The second-order valence-electron chi connectivity index (χ2n) is 5.03. The van der Waals surface area contributed by atoms with E-state index in [4.69, 9.17) is 5.11 Å². The molecule has 0 aliphatic rings. The minimum atomic E-state index is -0.561. The van der Waals surface area contributed by atoms with E-state index in [9.17, 15) is 9.90 Å². The minimum absolute atomic E-state index is 0.0192. The summed E-state index contributed by atoms with van der Waals surface area (Å²) in [7, 11) is 0. The first kappa shape index (κ1) is 15.6. The van der Waals surface area contributed by atoms with Crippen molar-refractivity contribution in [1.82, 2.24) is 0 Å². The fourth-order valence-corrected chi connectivity index (χ4v) is 1.94. The Balaban J connectivity index is 4.10. The molecule has 0 aliphatic carbocycles. The van der Waals surface area contributed by atoms with Crippen molar-refractivity contribution in [3.05, 3.63) is 0 Å². The van der Waals surface area contributed by atoms with Gasteiger partial charge in [-0.05, 0) is 18.8 Å². The Morgan fingerprint density at radius 3 is 2.12 bits per heavy atom. The van der Waals surface area contributed by atoms with Crippen molar-refractivity contribution in [2.75, 3.05) is 6.61 Å². The van der Waals surface area contributed by atoms with Crippen LogP contribution in [-0.2, 0) is 4.79 Å². The maximum absolute atomic E-state index is 11.7. The summed E-state index contributed by atoms with van der Waals surface area (Å²) in [6.07, 6.45) is 1.96. The topological polar surface area (TPSA) is 57.5 Å². The van der Waals surface area contributed by atoms with Crippen LogP contribution >= 0.6 is 0 Å². The fourth-order valence-electron chi connectivity index (χ4n) is 1.94. The molecule has 96 valence electrons. The second-order valence-corrected chi connectivity index (χ2v) is 5.03. The predicted octanol–water partition coefficient (Wildman–Crippen LogP) is 2.01. The molecule has 0 heterocycles. The molecule has 0 aromatic carbocycles. The molecule has 0 rings (SSSR count). The fraction of sp³-hybridized carbons (Fsp3) is 0.923. The van der Waals surface area contributed by atoms with Gasteiger partial charge in [0.15, 0.2) is 0 Å². The van der Waals surface area contributed by atoms with Crippen molar-refractivity contribution in [2.24, 2.45) is 17.8 Å². The molecule has 0 radical (unpaired) electrons. The lowest BCUT2D eigenvalue weighted by atomic mass is 9.84. The second kappa shape index (κ2) is 7.80. The Morgan fingerprint density at radius 1 is 1.12 bits per heavy atom. The van der Waals surface area contributed by atoms with Crippen LogP contribution in [0.4, 0.5) is 0 Å². The molecule has 0 unspecified atom stereocenters. The summed E-state index contributed by atoms with van der Waals surface area (Å²) < 4.78 is 0. The molecule has 0 saturated carbocycles. The Morgan fingerprint density at radius 2 is 1.69 bits per heavy atom. The van der Waals surface area contributed by atoms with Gasteiger partial charge in [0.1, 0.15) is 5.78 Å². The number of aliphatic hydroxyl groups is 2. The molecule has 0 saturated heterocycles. The van der Waals surface area contributed by atoms with Crippen LogP contribution in [0.1, 0.15) is 47.0 Å². The van der Waals surface area contributed by atoms with Crippen LogP contribution in [0.5, 0.6) is 0 Å². The average Bonchev–Trinajstić information content (AvgIpc) is 2.26. The minimum Gasteiger partial charge on any atom is -0.396 e. The van der Waals surface area contributed by atoms with Crippen molar-refractivity contribution in [1.29, 1.82) is 0 Å². The quantitative estimate of drug-likeness (QED) is 0.627. The summed E-state index contributed by atoms with van der Waals surface area (Å²) >= 11 is 0. The zero-order chi connectivity index (χ0) is 12.7. The van der Waals surface area contributed by atoms with Crippen molar-refractivity contribution >= 4 is 5.78 Å². The van der Waals surface area contributed by atoms with Crippen molar-refractivity contribution in [3.8, 4) is 0 Å². The van der Waals surface area contributed by atoms with Gasteiger partial charge in [0.2, 0.25) is 0 Å². The number of carbonyl (C=O) groups excluding carboxylic acids is 1. The molecule has 16 heavy (non-hydrogen) atoms. The van der Waals surface area contributed by atoms with E-state index in [0.29, 0.717) is 0 Å². The molecule has 0 spiro atoms. The highest BCUT2D eigenvalue weighted by atomic mass is 16.3. The van der Waals surface area contributed by atoms with Gasteiger partial charge >= 0.3 is 0 Å². The van der Waals surface area contributed by atoms with E-state index in [1.807, 2.05) is 20.8 Å². The summed E-state index contributed by atoms with van der Waals surface area (Å²) in [6.45, 7) is 7.69. The smallest absolute Gasteiger partial charge is 0.140 e. The van der Waals surface area contributed by atoms with Crippen LogP contribution in [0.15, 0.2) is 0 Å². The normalized spacial score (nSPS) is 17.2. The highest BCUT2D eigenvalue weighted by Gasteiger charge is 2.27. The lowest BCUT2D eigenvalue weighted by molar-refractivity contribution is -0.129. The molecular formula is C13H26O3. The highest BCUT2D eigenvalue weighted by molar-refractivity contribution is 5.82. The Hall–Kier alpha value is -0.410. The lowest BCUT2D eigenvalue weighted by Crippen LogP contribution is -2.33. The molecular weight excluding hydrogens is 204 g/mol. The van der Waals surface area contributed by atoms with E-state index in [0.717, 1.165) is 19.3 Å². The van der Waals surface area contributed by atoms with Crippen molar-refractivity contribution in [2.45, 2.75) is 53.1 Å². The molecule has 2 N–H and O–H groups in total. The molecule has 0 bridgehead atoms. The first-order valence-electron chi connectivity index (χ1n) is 6.24. The monoisotopic (exact) mass is 230 g/mol. The van der Waals surface area contributed by atoms with Crippen molar-refractivity contribution < 1.29 is 15.0 Å². The van der Waals surface area contributed by atoms with Crippen LogP contribution < -0.4 is 0 Å². The van der Waals surface area contributed by atoms with Gasteiger partial charge in [0.25, 0.3) is 0 Å². The number of ketones is 1. The number of rotatable bonds is 8. The number of Topliss-reactive ketones (excluding diaryl/α,β-unsaturated/α-hetero) is 1. The van der Waals surface area contributed by atoms with E-state index in [1.165, 1.54) is 0 Å². The molecule has 3 nitrogen and oxygen atoms in total. The van der Waals surface area contributed by atoms with Crippen molar-refractivity contribution in [3.63, 3.8) is 0 Å². The molecule has 3 atom stereocenters. The van der Waals surface area contributed by atoms with Gasteiger partial charge in [0.05, 0.1) is 6.10 Å². The number of hydrogen-bond acceptors (Lipinski definition) is 3. The predicted molar refractivity (Wildman–Crippen MR) is 65.1 cm³/mol. The maximum atomic E-state index is 11.7. The van der Waals surface area contributed by atoms with E-state index in [-0.39, 0.29) is 30.1 Å². The first-order chi connectivity index (χ1) is 7.41. The first-order valence-corrected chi connectivity index (χ1v) is 6.24. The van der Waals surface area contributed by atoms with Gasteiger partial charge in [-0.3, -0.25) is 4.79 Å². The van der Waals surface area contributed by atoms with Gasteiger partial charge in [0, 0.05) is 18.4 Å². The van der Waals surface area contributed by atoms with Gasteiger partial charge in [-0.2, -0.15) is 0 Å². The van der Waals surface area contributed by atoms with E-state index in [1.54, 1.807) is 6.92 Å². The van der Waals surface area contributed by atoms with Gasteiger partial charge in [-0.15, -0.1) is 0 Å². The largest absolute Gasteiger partial charge is 0.396 e.